The first kappa shape index (κ1) is 25.3. The number of aromatic nitrogens is 1. The van der Waals surface area contributed by atoms with E-state index in [1.165, 1.54) is 6.92 Å². The molecular weight excluding hydrogens is 484 g/mol. The van der Waals surface area contributed by atoms with Crippen molar-refractivity contribution in [2.24, 2.45) is 0 Å². The van der Waals surface area contributed by atoms with E-state index in [4.69, 9.17) is 4.98 Å². The Labute approximate surface area is 221 Å². The summed E-state index contributed by atoms with van der Waals surface area (Å²) >= 11 is 1.60. The van der Waals surface area contributed by atoms with Crippen LogP contribution in [0, 0.1) is 6.92 Å². The van der Waals surface area contributed by atoms with E-state index >= 15 is 0 Å². The van der Waals surface area contributed by atoms with Crippen molar-refractivity contribution in [2.45, 2.75) is 64.0 Å². The van der Waals surface area contributed by atoms with E-state index in [1.807, 2.05) is 25.1 Å². The van der Waals surface area contributed by atoms with Crippen molar-refractivity contribution >= 4 is 34.6 Å². The molecule has 1 saturated carbocycles. The summed E-state index contributed by atoms with van der Waals surface area (Å²) < 4.78 is 0. The van der Waals surface area contributed by atoms with Gasteiger partial charge in [-0.3, -0.25) is 14.4 Å². The number of thiazole rings is 1. The zero-order chi connectivity index (χ0) is 25.9. The highest BCUT2D eigenvalue weighted by Crippen LogP contribution is 2.45. The molecule has 37 heavy (non-hydrogen) atoms. The van der Waals surface area contributed by atoms with Crippen molar-refractivity contribution in [1.29, 1.82) is 0 Å². The molecule has 7 nitrogen and oxygen atoms in total. The number of benzene rings is 2. The summed E-state index contributed by atoms with van der Waals surface area (Å²) in [4.78, 5) is 44.8. The van der Waals surface area contributed by atoms with Gasteiger partial charge in [-0.05, 0) is 62.9 Å². The second-order valence-corrected chi connectivity index (χ2v) is 11.0. The first-order valence-electron chi connectivity index (χ1n) is 12.9. The predicted molar refractivity (Wildman–Crippen MR) is 146 cm³/mol. The van der Waals surface area contributed by atoms with Gasteiger partial charge in [0, 0.05) is 30.1 Å². The van der Waals surface area contributed by atoms with Crippen LogP contribution in [0.25, 0.3) is 10.4 Å². The molecule has 2 amide bonds. The third kappa shape index (κ3) is 5.97. The van der Waals surface area contributed by atoms with Gasteiger partial charge in [-0.15, -0.1) is 11.3 Å². The van der Waals surface area contributed by atoms with E-state index in [0.717, 1.165) is 59.7 Å². The molecule has 3 aromatic rings. The second-order valence-electron chi connectivity index (χ2n) is 10.0. The molecule has 1 aliphatic carbocycles. The highest BCUT2D eigenvalue weighted by atomic mass is 32.1. The van der Waals surface area contributed by atoms with E-state index in [-0.39, 0.29) is 23.6 Å². The largest absolute Gasteiger partial charge is 0.340 e. The number of anilines is 1. The van der Waals surface area contributed by atoms with Crippen LogP contribution in [-0.4, -0.2) is 41.2 Å². The van der Waals surface area contributed by atoms with Crippen molar-refractivity contribution in [3.63, 3.8) is 0 Å². The van der Waals surface area contributed by atoms with Gasteiger partial charge in [-0.2, -0.15) is 0 Å². The number of aryl methyl sites for hydroxylation is 1. The summed E-state index contributed by atoms with van der Waals surface area (Å²) in [5.41, 5.74) is 3.47. The monoisotopic (exact) mass is 516 g/mol. The van der Waals surface area contributed by atoms with Crippen LogP contribution in [0.15, 0.2) is 48.5 Å². The lowest BCUT2D eigenvalue weighted by Crippen LogP contribution is -2.55. The minimum atomic E-state index is -0.755. The van der Waals surface area contributed by atoms with Crippen LogP contribution in [0.2, 0.25) is 0 Å². The maximum Gasteiger partial charge on any atom is 0.252 e. The number of nitrogens with zero attached hydrogens (tertiary/aromatic N) is 1. The predicted octanol–water partition coefficient (Wildman–Crippen LogP) is 5.08. The Kier molecular flexibility index (Phi) is 7.48. The fraction of sp³-hybridized carbons (Fsp3) is 0.379. The minimum Gasteiger partial charge on any atom is -0.340 e. The lowest BCUT2D eigenvalue weighted by molar-refractivity contribution is -0.114. The van der Waals surface area contributed by atoms with E-state index in [2.05, 4.69) is 22.0 Å². The van der Waals surface area contributed by atoms with Gasteiger partial charge in [0.1, 0.15) is 11.7 Å². The lowest BCUT2D eigenvalue weighted by atomic mass is 9.92. The summed E-state index contributed by atoms with van der Waals surface area (Å²) in [6, 6.07) is 14.0. The number of Topliss-reactive ketones (excluding diaryl/α,β-unsaturated/α-hetero) is 1. The number of hydrogen-bond donors (Lipinski definition) is 3. The Morgan fingerprint density at radius 3 is 2.57 bits per heavy atom. The molecule has 2 atom stereocenters. The number of amides is 2. The van der Waals surface area contributed by atoms with Crippen LogP contribution < -0.4 is 16.0 Å². The molecule has 1 aliphatic heterocycles. The van der Waals surface area contributed by atoms with Gasteiger partial charge in [-0.25, -0.2) is 4.98 Å². The molecule has 2 fully saturated rings. The Balaban J connectivity index is 1.48. The Bertz CT molecular complexity index is 1320. The van der Waals surface area contributed by atoms with Crippen molar-refractivity contribution in [1.82, 2.24) is 15.6 Å². The van der Waals surface area contributed by atoms with E-state index < -0.39 is 6.04 Å². The average Bonchev–Trinajstić information content (AvgIpc) is 3.65. The maximum atomic E-state index is 14.2. The van der Waals surface area contributed by atoms with E-state index in [1.54, 1.807) is 35.6 Å². The van der Waals surface area contributed by atoms with Crippen LogP contribution >= 0.6 is 11.3 Å². The number of carbonyl (C=O) groups is 3. The van der Waals surface area contributed by atoms with Gasteiger partial charge in [0.05, 0.1) is 9.88 Å². The Morgan fingerprint density at radius 2 is 1.86 bits per heavy atom. The van der Waals surface area contributed by atoms with Gasteiger partial charge in [-0.1, -0.05) is 42.3 Å². The van der Waals surface area contributed by atoms with Gasteiger partial charge in [0.15, 0.2) is 0 Å². The van der Waals surface area contributed by atoms with Crippen LogP contribution in [0.1, 0.15) is 76.4 Å². The second kappa shape index (κ2) is 10.9. The summed E-state index contributed by atoms with van der Waals surface area (Å²) in [5.74, 6) is -0.304. The molecular formula is C29H32N4O3S. The first-order chi connectivity index (χ1) is 17.9. The normalized spacial score (nSPS) is 18.2. The topological polar surface area (TPSA) is 100 Å². The number of ketones is 1. The summed E-state index contributed by atoms with van der Waals surface area (Å²) in [6.07, 6.45) is 5.03. The zero-order valence-corrected chi connectivity index (χ0v) is 22.0. The van der Waals surface area contributed by atoms with Crippen molar-refractivity contribution in [2.75, 3.05) is 11.9 Å². The highest BCUT2D eigenvalue weighted by molar-refractivity contribution is 7.15. The van der Waals surface area contributed by atoms with Crippen molar-refractivity contribution < 1.29 is 14.4 Å². The first-order valence-corrected chi connectivity index (χ1v) is 13.7. The third-order valence-electron chi connectivity index (χ3n) is 6.85. The number of hydrogen-bond acceptors (Lipinski definition) is 6. The van der Waals surface area contributed by atoms with E-state index in [9.17, 15) is 14.4 Å². The quantitative estimate of drug-likeness (QED) is 0.363. The summed E-state index contributed by atoms with van der Waals surface area (Å²) in [5, 5.41) is 10.2. The van der Waals surface area contributed by atoms with Crippen molar-refractivity contribution in [3.8, 4) is 10.4 Å². The maximum absolute atomic E-state index is 14.2. The molecule has 2 aliphatic rings. The molecule has 5 rings (SSSR count). The van der Waals surface area contributed by atoms with E-state index in [0.29, 0.717) is 22.9 Å². The standard InChI is InChI=1S/C29H32N4O3S/c1-17-7-5-8-20(15-17)27-25(33-29(37-27)19-12-13-19)26(35)24(23-11-3-4-14-30-23)32-28(36)21-9-6-10-22(16-21)31-18(2)34/h5-10,15-16,19,23-24,30H,3-4,11-14H2,1-2H3,(H,31,34)(H,32,36). The number of piperidine rings is 1. The van der Waals surface area contributed by atoms with Gasteiger partial charge >= 0.3 is 0 Å². The fourth-order valence-corrected chi connectivity index (χ4v) is 6.05. The summed E-state index contributed by atoms with van der Waals surface area (Å²) in [7, 11) is 0. The molecule has 8 heteroatoms. The SMILES string of the molecule is CC(=O)Nc1cccc(C(=O)NC(C(=O)c2nc(C3CC3)sc2-c2cccc(C)c2)C2CCCCN2)c1. The molecule has 0 bridgehead atoms. The lowest BCUT2D eigenvalue weighted by Gasteiger charge is -2.31. The number of rotatable bonds is 8. The van der Waals surface area contributed by atoms with Crippen LogP contribution in [-0.2, 0) is 4.79 Å². The smallest absolute Gasteiger partial charge is 0.252 e. The molecule has 2 aromatic carbocycles. The Hall–Kier alpha value is -3.36. The third-order valence-corrected chi connectivity index (χ3v) is 8.12. The number of carbonyl (C=O) groups excluding carboxylic acids is 3. The molecule has 2 heterocycles. The highest BCUT2D eigenvalue weighted by Gasteiger charge is 2.36. The molecule has 3 N–H and O–H groups in total. The molecule has 2 unspecified atom stereocenters. The number of nitrogens with one attached hydrogen (secondary N) is 3. The van der Waals surface area contributed by atoms with Crippen molar-refractivity contribution in [3.05, 3.63) is 70.4 Å². The van der Waals surface area contributed by atoms with Gasteiger partial charge < -0.3 is 16.0 Å². The van der Waals surface area contributed by atoms with Gasteiger partial charge in [0.25, 0.3) is 5.91 Å². The molecule has 0 spiro atoms. The molecule has 0 radical (unpaired) electrons. The zero-order valence-electron chi connectivity index (χ0n) is 21.2. The van der Waals surface area contributed by atoms with Gasteiger partial charge in [0.2, 0.25) is 11.7 Å². The van der Waals surface area contributed by atoms with Crippen LogP contribution in [0.4, 0.5) is 5.69 Å². The van der Waals surface area contributed by atoms with Crippen LogP contribution in [0.3, 0.4) is 0 Å². The summed E-state index contributed by atoms with van der Waals surface area (Å²) in [6.45, 7) is 4.26. The Morgan fingerprint density at radius 1 is 1.05 bits per heavy atom. The molecule has 1 saturated heterocycles. The fourth-order valence-electron chi connectivity index (χ4n) is 4.82. The average molecular weight is 517 g/mol. The molecule has 1 aromatic heterocycles. The molecule has 192 valence electrons. The minimum absolute atomic E-state index is 0.162. The van der Waals surface area contributed by atoms with Crippen LogP contribution in [0.5, 0.6) is 0 Å².